The summed E-state index contributed by atoms with van der Waals surface area (Å²) in [7, 11) is 0. The van der Waals surface area contributed by atoms with Gasteiger partial charge in [0.25, 0.3) is 0 Å². The first-order valence-electron chi connectivity index (χ1n) is 5.73. The van der Waals surface area contributed by atoms with E-state index in [-0.39, 0.29) is 11.1 Å². The van der Waals surface area contributed by atoms with Gasteiger partial charge in [0.05, 0.1) is 11.1 Å². The van der Waals surface area contributed by atoms with Gasteiger partial charge < -0.3 is 10.1 Å². The Labute approximate surface area is 121 Å². The average molecular weight is 335 g/mol. The van der Waals surface area contributed by atoms with Crippen molar-refractivity contribution in [3.8, 4) is 11.4 Å². The minimum absolute atomic E-state index is 0.155. The maximum atomic E-state index is 13.4. The molecule has 4 nitrogen and oxygen atoms in total. The quantitative estimate of drug-likeness (QED) is 0.748. The van der Waals surface area contributed by atoms with Gasteiger partial charge in [0.15, 0.2) is 0 Å². The van der Waals surface area contributed by atoms with Gasteiger partial charge >= 0.3 is 5.97 Å². The van der Waals surface area contributed by atoms with E-state index >= 15 is 0 Å². The molecule has 0 saturated carbocycles. The van der Waals surface area contributed by atoms with Crippen molar-refractivity contribution in [3.63, 3.8) is 0 Å². The molecule has 0 radical (unpaired) electrons. The Kier molecular flexibility index (Phi) is 3.02. The smallest absolute Gasteiger partial charge is 0.338 e. The molecule has 0 aliphatic rings. The van der Waals surface area contributed by atoms with Crippen LogP contribution in [0, 0.1) is 5.82 Å². The van der Waals surface area contributed by atoms with Crippen molar-refractivity contribution >= 4 is 32.9 Å². The van der Waals surface area contributed by atoms with Crippen LogP contribution in [0.2, 0.25) is 0 Å². The summed E-state index contributed by atoms with van der Waals surface area (Å²) in [5, 5.41) is 9.10. The van der Waals surface area contributed by atoms with Crippen LogP contribution in [0.15, 0.2) is 40.9 Å². The second-order valence-electron chi connectivity index (χ2n) is 4.25. The molecule has 0 fully saturated rings. The summed E-state index contributed by atoms with van der Waals surface area (Å²) < 4.78 is 14.3. The molecule has 20 heavy (non-hydrogen) atoms. The number of aromatic amines is 1. The molecule has 0 aliphatic heterocycles. The molecule has 3 aromatic rings. The van der Waals surface area contributed by atoms with Crippen LogP contribution in [-0.2, 0) is 0 Å². The van der Waals surface area contributed by atoms with Gasteiger partial charge in [-0.05, 0) is 24.3 Å². The van der Waals surface area contributed by atoms with E-state index in [1.807, 2.05) is 24.3 Å². The van der Waals surface area contributed by atoms with E-state index in [0.29, 0.717) is 11.3 Å². The summed E-state index contributed by atoms with van der Waals surface area (Å²) in [5.74, 6) is -1.32. The van der Waals surface area contributed by atoms with Crippen molar-refractivity contribution < 1.29 is 14.3 Å². The van der Waals surface area contributed by atoms with Gasteiger partial charge in [-0.15, -0.1) is 0 Å². The van der Waals surface area contributed by atoms with E-state index in [4.69, 9.17) is 5.11 Å². The lowest BCUT2D eigenvalue weighted by Gasteiger charge is -1.96. The molecule has 100 valence electrons. The zero-order valence-electron chi connectivity index (χ0n) is 10.0. The molecule has 6 heteroatoms. The van der Waals surface area contributed by atoms with Crippen molar-refractivity contribution in [2.75, 3.05) is 0 Å². The third-order valence-corrected chi connectivity index (χ3v) is 3.37. The third-order valence-electron chi connectivity index (χ3n) is 2.88. The summed E-state index contributed by atoms with van der Waals surface area (Å²) in [6.45, 7) is 0. The monoisotopic (exact) mass is 334 g/mol. The van der Waals surface area contributed by atoms with Crippen LogP contribution in [0.4, 0.5) is 4.39 Å². The fraction of sp³-hybridized carbons (Fsp3) is 0. The Bertz CT molecular complexity index is 829. The number of aromatic nitrogens is 2. The van der Waals surface area contributed by atoms with Crippen LogP contribution in [-0.4, -0.2) is 21.0 Å². The second-order valence-corrected chi connectivity index (χ2v) is 5.17. The van der Waals surface area contributed by atoms with Crippen LogP contribution in [0.3, 0.4) is 0 Å². The molecule has 3 rings (SSSR count). The first kappa shape index (κ1) is 12.8. The number of nitrogens with zero attached hydrogens (tertiary/aromatic N) is 1. The number of carboxylic acids is 1. The molecule has 2 N–H and O–H groups in total. The van der Waals surface area contributed by atoms with E-state index in [2.05, 4.69) is 25.9 Å². The van der Waals surface area contributed by atoms with Crippen molar-refractivity contribution in [1.29, 1.82) is 0 Å². The van der Waals surface area contributed by atoms with Crippen LogP contribution >= 0.6 is 15.9 Å². The first-order valence-corrected chi connectivity index (χ1v) is 6.52. The number of H-pyrrole nitrogens is 1. The molecule has 0 bridgehead atoms. The van der Waals surface area contributed by atoms with E-state index in [1.54, 1.807) is 0 Å². The highest BCUT2D eigenvalue weighted by Crippen LogP contribution is 2.25. The Morgan fingerprint density at radius 1 is 1.30 bits per heavy atom. The number of rotatable bonds is 2. The molecule has 0 atom stereocenters. The van der Waals surface area contributed by atoms with Crippen molar-refractivity contribution in [2.24, 2.45) is 0 Å². The van der Waals surface area contributed by atoms with Gasteiger partial charge in [-0.2, -0.15) is 0 Å². The molecular formula is C14H8BrFN2O2. The van der Waals surface area contributed by atoms with Crippen LogP contribution in [0.5, 0.6) is 0 Å². The molecular weight excluding hydrogens is 327 g/mol. The molecule has 1 heterocycles. The lowest BCUT2D eigenvalue weighted by molar-refractivity contribution is 0.0698. The summed E-state index contributed by atoms with van der Waals surface area (Å²) in [6.07, 6.45) is 0. The highest BCUT2D eigenvalue weighted by molar-refractivity contribution is 9.10. The number of halogens is 2. The number of imidazole rings is 1. The summed E-state index contributed by atoms with van der Waals surface area (Å²) >= 11 is 3.36. The van der Waals surface area contributed by atoms with Crippen LogP contribution in [0.1, 0.15) is 10.4 Å². The Morgan fingerprint density at radius 3 is 2.80 bits per heavy atom. The summed E-state index contributed by atoms with van der Waals surface area (Å²) in [4.78, 5) is 18.3. The summed E-state index contributed by atoms with van der Waals surface area (Å²) in [5.41, 5.74) is 1.23. The highest BCUT2D eigenvalue weighted by atomic mass is 79.9. The van der Waals surface area contributed by atoms with Gasteiger partial charge in [-0.1, -0.05) is 28.1 Å². The predicted molar refractivity (Wildman–Crippen MR) is 76.1 cm³/mol. The zero-order valence-corrected chi connectivity index (χ0v) is 11.6. The second kappa shape index (κ2) is 4.72. The van der Waals surface area contributed by atoms with Crippen molar-refractivity contribution in [1.82, 2.24) is 9.97 Å². The van der Waals surface area contributed by atoms with Crippen molar-refractivity contribution in [2.45, 2.75) is 0 Å². The largest absolute Gasteiger partial charge is 0.478 e. The van der Waals surface area contributed by atoms with E-state index < -0.39 is 11.8 Å². The van der Waals surface area contributed by atoms with E-state index in [0.717, 1.165) is 16.1 Å². The number of benzene rings is 2. The number of carbonyl (C=O) groups is 1. The van der Waals surface area contributed by atoms with Gasteiger partial charge in [-0.3, -0.25) is 0 Å². The number of hydrogen-bond donors (Lipinski definition) is 2. The van der Waals surface area contributed by atoms with E-state index in [9.17, 15) is 9.18 Å². The standard InChI is InChI=1S/C14H8BrFN2O2/c15-8-3-1-2-7(4-8)13-17-11-6-9(16)5-10(14(19)20)12(11)18-13/h1-6H,(H,17,18)(H,19,20). The molecule has 0 spiro atoms. The topological polar surface area (TPSA) is 66.0 Å². The number of nitrogens with one attached hydrogen (secondary N) is 1. The van der Waals surface area contributed by atoms with Crippen LogP contribution in [0.25, 0.3) is 22.4 Å². The molecule has 0 aliphatic carbocycles. The number of hydrogen-bond acceptors (Lipinski definition) is 2. The SMILES string of the molecule is O=C(O)c1cc(F)cc2[nH]c(-c3cccc(Br)c3)nc12. The Hall–Kier alpha value is -2.21. The maximum absolute atomic E-state index is 13.4. The van der Waals surface area contributed by atoms with Crippen molar-refractivity contribution in [3.05, 3.63) is 52.3 Å². The molecule has 2 aromatic carbocycles. The molecule has 1 aromatic heterocycles. The Morgan fingerprint density at radius 2 is 2.10 bits per heavy atom. The molecule has 0 saturated heterocycles. The van der Waals surface area contributed by atoms with Gasteiger partial charge in [0, 0.05) is 10.0 Å². The fourth-order valence-electron chi connectivity index (χ4n) is 2.02. The molecule has 0 amide bonds. The van der Waals surface area contributed by atoms with Gasteiger partial charge in [0.2, 0.25) is 0 Å². The highest BCUT2D eigenvalue weighted by Gasteiger charge is 2.15. The third kappa shape index (κ3) is 2.18. The lowest BCUT2D eigenvalue weighted by atomic mass is 10.2. The molecule has 0 unspecified atom stereocenters. The fourth-order valence-corrected chi connectivity index (χ4v) is 2.42. The number of fused-ring (bicyclic) bond motifs is 1. The maximum Gasteiger partial charge on any atom is 0.338 e. The van der Waals surface area contributed by atoms with Crippen LogP contribution < -0.4 is 0 Å². The summed E-state index contributed by atoms with van der Waals surface area (Å²) in [6, 6.07) is 9.58. The minimum Gasteiger partial charge on any atom is -0.478 e. The normalized spacial score (nSPS) is 10.9. The van der Waals surface area contributed by atoms with Gasteiger partial charge in [0.1, 0.15) is 17.2 Å². The Balaban J connectivity index is 2.25. The average Bonchev–Trinajstić information content (AvgIpc) is 2.81. The predicted octanol–water partition coefficient (Wildman–Crippen LogP) is 3.83. The zero-order chi connectivity index (χ0) is 14.3. The number of carboxylic acid groups (broad SMARTS) is 1. The lowest BCUT2D eigenvalue weighted by Crippen LogP contribution is -1.98. The minimum atomic E-state index is -1.21. The first-order chi connectivity index (χ1) is 9.54. The number of aromatic carboxylic acids is 1. The van der Waals surface area contributed by atoms with E-state index in [1.165, 1.54) is 6.07 Å². The van der Waals surface area contributed by atoms with Gasteiger partial charge in [-0.25, -0.2) is 14.2 Å².